The number of nitrogens with one attached hydrogen (secondary N) is 2. The monoisotopic (exact) mass is 453 g/mol. The number of carbonyl (C=O) groups is 2. The van der Waals surface area contributed by atoms with Crippen molar-refractivity contribution in [3.63, 3.8) is 0 Å². The molecule has 166 valence electrons. The van der Waals surface area contributed by atoms with Crippen molar-refractivity contribution in [3.8, 4) is 5.75 Å². The van der Waals surface area contributed by atoms with E-state index in [0.29, 0.717) is 35.3 Å². The number of rotatable bonds is 10. The number of anilines is 1. The molecule has 0 radical (unpaired) electrons. The highest BCUT2D eigenvalue weighted by Crippen LogP contribution is 2.18. The number of esters is 1. The first-order valence-electron chi connectivity index (χ1n) is 10.0. The molecule has 0 unspecified atom stereocenters. The molecule has 3 aromatic rings. The van der Waals surface area contributed by atoms with E-state index < -0.39 is 5.97 Å². The molecule has 1 amide bonds. The zero-order chi connectivity index (χ0) is 22.8. The van der Waals surface area contributed by atoms with Gasteiger partial charge < -0.3 is 19.8 Å². The highest BCUT2D eigenvalue weighted by Gasteiger charge is 2.15. The second-order valence-electron chi connectivity index (χ2n) is 6.66. The Bertz CT molecular complexity index is 1120. The van der Waals surface area contributed by atoms with Gasteiger partial charge >= 0.3 is 5.97 Å². The maximum Gasteiger partial charge on any atom is 0.340 e. The van der Waals surface area contributed by atoms with E-state index >= 15 is 0 Å². The number of para-hydroxylation sites is 2. The molecule has 0 aliphatic rings. The minimum atomic E-state index is -0.493. The first-order valence-corrected chi connectivity index (χ1v) is 11.0. The number of thioether (sulfide) groups is 1. The van der Waals surface area contributed by atoms with Crippen LogP contribution in [-0.2, 0) is 16.1 Å². The molecular formula is C23H23N3O5S. The third kappa shape index (κ3) is 6.98. The van der Waals surface area contributed by atoms with Crippen molar-refractivity contribution >= 4 is 29.3 Å². The SMILES string of the molecule is CCCOC(=O)c1ccccc1NC(=O)CSc1nc(COc2ccccc2)cc(=O)[nH]1. The summed E-state index contributed by atoms with van der Waals surface area (Å²) < 4.78 is 10.8. The van der Waals surface area contributed by atoms with Gasteiger partial charge in [-0.15, -0.1) is 0 Å². The Balaban J connectivity index is 1.59. The Kier molecular flexibility index (Phi) is 8.44. The van der Waals surface area contributed by atoms with Crippen LogP contribution in [0, 0.1) is 0 Å². The van der Waals surface area contributed by atoms with Gasteiger partial charge in [0.2, 0.25) is 5.91 Å². The van der Waals surface area contributed by atoms with Crippen LogP contribution >= 0.6 is 11.8 Å². The van der Waals surface area contributed by atoms with E-state index in [-0.39, 0.29) is 29.4 Å². The molecule has 3 rings (SSSR count). The minimum Gasteiger partial charge on any atom is -0.487 e. The van der Waals surface area contributed by atoms with Crippen molar-refractivity contribution in [2.75, 3.05) is 17.7 Å². The van der Waals surface area contributed by atoms with Gasteiger partial charge in [0.25, 0.3) is 5.56 Å². The molecule has 9 heteroatoms. The van der Waals surface area contributed by atoms with Crippen LogP contribution in [0.15, 0.2) is 70.6 Å². The fourth-order valence-corrected chi connectivity index (χ4v) is 3.36. The molecule has 1 aromatic heterocycles. The zero-order valence-corrected chi connectivity index (χ0v) is 18.3. The average molecular weight is 454 g/mol. The largest absolute Gasteiger partial charge is 0.487 e. The highest BCUT2D eigenvalue weighted by molar-refractivity contribution is 7.99. The summed E-state index contributed by atoms with van der Waals surface area (Å²) in [5, 5.41) is 3.01. The Labute approximate surface area is 189 Å². The Morgan fingerprint density at radius 2 is 1.84 bits per heavy atom. The molecule has 2 N–H and O–H groups in total. The smallest absolute Gasteiger partial charge is 0.340 e. The predicted octanol–water partition coefficient (Wildman–Crippen LogP) is 3.65. The lowest BCUT2D eigenvalue weighted by Crippen LogP contribution is -2.18. The molecule has 1 heterocycles. The standard InChI is InChI=1S/C23H23N3O5S/c1-2-12-30-22(29)18-10-6-7-11-19(18)25-21(28)15-32-23-24-16(13-20(27)26-23)14-31-17-8-4-3-5-9-17/h3-11,13H,2,12,14-15H2,1H3,(H,25,28)(H,24,26,27). The Morgan fingerprint density at radius 3 is 2.62 bits per heavy atom. The summed E-state index contributed by atoms with van der Waals surface area (Å²) in [7, 11) is 0. The second-order valence-corrected chi connectivity index (χ2v) is 7.63. The van der Waals surface area contributed by atoms with Gasteiger partial charge in [-0.05, 0) is 30.7 Å². The van der Waals surface area contributed by atoms with Gasteiger partial charge in [-0.25, -0.2) is 9.78 Å². The van der Waals surface area contributed by atoms with Crippen LogP contribution in [0.5, 0.6) is 5.75 Å². The van der Waals surface area contributed by atoms with E-state index in [4.69, 9.17) is 9.47 Å². The first-order chi connectivity index (χ1) is 15.5. The quantitative estimate of drug-likeness (QED) is 0.274. The summed E-state index contributed by atoms with van der Waals surface area (Å²) in [4.78, 5) is 43.5. The van der Waals surface area contributed by atoms with Crippen LogP contribution in [-0.4, -0.2) is 34.2 Å². The molecule has 0 saturated carbocycles. The molecule has 0 aliphatic carbocycles. The number of hydrogen-bond donors (Lipinski definition) is 2. The summed E-state index contributed by atoms with van der Waals surface area (Å²) in [6, 6.07) is 17.2. The molecule has 0 fully saturated rings. The van der Waals surface area contributed by atoms with Gasteiger partial charge in [0, 0.05) is 6.07 Å². The van der Waals surface area contributed by atoms with E-state index in [1.807, 2.05) is 37.3 Å². The van der Waals surface area contributed by atoms with E-state index in [1.54, 1.807) is 24.3 Å². The number of carbonyl (C=O) groups excluding carboxylic acids is 2. The molecule has 0 bridgehead atoms. The number of benzene rings is 2. The third-order valence-corrected chi connectivity index (χ3v) is 4.97. The van der Waals surface area contributed by atoms with Gasteiger partial charge in [-0.1, -0.05) is 49.0 Å². The molecule has 2 aromatic carbocycles. The molecule has 32 heavy (non-hydrogen) atoms. The number of aromatic amines is 1. The number of amides is 1. The zero-order valence-electron chi connectivity index (χ0n) is 17.5. The summed E-state index contributed by atoms with van der Waals surface area (Å²) in [5.41, 5.74) is 0.764. The van der Waals surface area contributed by atoms with Crippen LogP contribution in [0.1, 0.15) is 29.4 Å². The highest BCUT2D eigenvalue weighted by atomic mass is 32.2. The van der Waals surface area contributed by atoms with Gasteiger partial charge in [-0.3, -0.25) is 9.59 Å². The van der Waals surface area contributed by atoms with Crippen molar-refractivity contribution < 1.29 is 19.1 Å². The van der Waals surface area contributed by atoms with Crippen molar-refractivity contribution in [2.24, 2.45) is 0 Å². The van der Waals surface area contributed by atoms with E-state index in [9.17, 15) is 14.4 Å². The van der Waals surface area contributed by atoms with E-state index in [2.05, 4.69) is 15.3 Å². The van der Waals surface area contributed by atoms with Crippen molar-refractivity contribution in [2.45, 2.75) is 25.1 Å². The van der Waals surface area contributed by atoms with Crippen LogP contribution in [0.3, 0.4) is 0 Å². The molecule has 0 aliphatic heterocycles. The molecule has 8 nitrogen and oxygen atoms in total. The third-order valence-electron chi connectivity index (χ3n) is 4.10. The number of ether oxygens (including phenoxy) is 2. The normalized spacial score (nSPS) is 10.4. The molecular weight excluding hydrogens is 430 g/mol. The number of H-pyrrole nitrogens is 1. The van der Waals surface area contributed by atoms with Crippen LogP contribution in [0.25, 0.3) is 0 Å². The lowest BCUT2D eigenvalue weighted by molar-refractivity contribution is -0.113. The molecule has 0 atom stereocenters. The van der Waals surface area contributed by atoms with Crippen molar-refractivity contribution in [1.82, 2.24) is 9.97 Å². The van der Waals surface area contributed by atoms with Crippen LogP contribution in [0.4, 0.5) is 5.69 Å². The summed E-state index contributed by atoms with van der Waals surface area (Å²) in [6.45, 7) is 2.33. The van der Waals surface area contributed by atoms with Gasteiger partial charge in [0.05, 0.1) is 29.3 Å². The van der Waals surface area contributed by atoms with Crippen molar-refractivity contribution in [3.05, 3.63) is 82.3 Å². The number of aromatic nitrogens is 2. The van der Waals surface area contributed by atoms with Gasteiger partial charge in [0.15, 0.2) is 5.16 Å². The van der Waals surface area contributed by atoms with Gasteiger partial charge in [-0.2, -0.15) is 0 Å². The topological polar surface area (TPSA) is 110 Å². The van der Waals surface area contributed by atoms with Gasteiger partial charge in [0.1, 0.15) is 12.4 Å². The maximum atomic E-state index is 12.4. The molecule has 0 saturated heterocycles. The summed E-state index contributed by atoms with van der Waals surface area (Å²) in [5.74, 6) is -0.185. The van der Waals surface area contributed by atoms with E-state index in [0.717, 1.165) is 11.8 Å². The van der Waals surface area contributed by atoms with E-state index in [1.165, 1.54) is 6.07 Å². The van der Waals surface area contributed by atoms with Crippen LogP contribution in [0.2, 0.25) is 0 Å². The Morgan fingerprint density at radius 1 is 1.09 bits per heavy atom. The fourth-order valence-electron chi connectivity index (χ4n) is 2.66. The second kappa shape index (κ2) is 11.7. The van der Waals surface area contributed by atoms with Crippen LogP contribution < -0.4 is 15.6 Å². The first kappa shape index (κ1) is 23.1. The minimum absolute atomic E-state index is 0.00965. The number of nitrogens with zero attached hydrogens (tertiary/aromatic N) is 1. The Hall–Kier alpha value is -3.59. The summed E-state index contributed by atoms with van der Waals surface area (Å²) >= 11 is 1.08. The summed E-state index contributed by atoms with van der Waals surface area (Å²) in [6.07, 6.45) is 0.706. The lowest BCUT2D eigenvalue weighted by Gasteiger charge is -2.10. The predicted molar refractivity (Wildman–Crippen MR) is 122 cm³/mol. The fraction of sp³-hybridized carbons (Fsp3) is 0.217. The average Bonchev–Trinajstić information content (AvgIpc) is 2.80. The number of hydrogen-bond acceptors (Lipinski definition) is 7. The lowest BCUT2D eigenvalue weighted by atomic mass is 10.2. The molecule has 0 spiro atoms. The van der Waals surface area contributed by atoms with Crippen molar-refractivity contribution in [1.29, 1.82) is 0 Å². The maximum absolute atomic E-state index is 12.4.